The van der Waals surface area contributed by atoms with Crippen LogP contribution in [0.5, 0.6) is 0 Å². The maximum Gasteiger partial charge on any atom is 0.243 e. The highest BCUT2D eigenvalue weighted by molar-refractivity contribution is 7.89. The molecular weight excluding hydrogens is 397 g/mol. The van der Waals surface area contributed by atoms with Gasteiger partial charge in [0.2, 0.25) is 15.9 Å². The first kappa shape index (κ1) is 19.9. The smallest absolute Gasteiger partial charge is 0.243 e. The molecule has 2 fully saturated rings. The Hall–Kier alpha value is -0.860. The normalized spacial score (nSPS) is 23.8. The zero-order valence-electron chi connectivity index (χ0n) is 14.8. The second-order valence-corrected chi connectivity index (χ2v) is 9.62. The molecular formula is C17H23Cl2N3O3S. The fraction of sp³-hybridized carbons (Fsp3) is 0.588. The summed E-state index contributed by atoms with van der Waals surface area (Å²) in [6.45, 7) is 5.26. The maximum atomic E-state index is 12.9. The molecule has 2 aliphatic heterocycles. The van der Waals surface area contributed by atoms with Gasteiger partial charge < -0.3 is 4.90 Å². The molecule has 0 unspecified atom stereocenters. The van der Waals surface area contributed by atoms with Gasteiger partial charge >= 0.3 is 0 Å². The van der Waals surface area contributed by atoms with Crippen LogP contribution in [-0.2, 0) is 14.8 Å². The van der Waals surface area contributed by atoms with Crippen molar-refractivity contribution < 1.29 is 13.2 Å². The molecule has 1 N–H and O–H groups in total. The number of sulfonamides is 1. The van der Waals surface area contributed by atoms with Crippen molar-refractivity contribution in [2.45, 2.75) is 49.7 Å². The SMILES string of the molecule is CCCN1C(=O)[C@@H](C)NC12CCN(S(=O)(=O)c1ccc(Cl)c(Cl)c1)CC2. The average molecular weight is 420 g/mol. The number of amides is 1. The minimum absolute atomic E-state index is 0.0904. The van der Waals surface area contributed by atoms with Gasteiger partial charge in [-0.2, -0.15) is 4.31 Å². The van der Waals surface area contributed by atoms with Crippen molar-refractivity contribution >= 4 is 39.1 Å². The predicted octanol–water partition coefficient (Wildman–Crippen LogP) is 2.70. The molecule has 9 heteroatoms. The summed E-state index contributed by atoms with van der Waals surface area (Å²) in [6.07, 6.45) is 1.99. The van der Waals surface area contributed by atoms with Crippen LogP contribution in [0.25, 0.3) is 0 Å². The molecule has 0 aliphatic carbocycles. The lowest BCUT2D eigenvalue weighted by Gasteiger charge is -2.44. The minimum atomic E-state index is -3.65. The first-order valence-electron chi connectivity index (χ1n) is 8.75. The van der Waals surface area contributed by atoms with Gasteiger partial charge in [0, 0.05) is 19.6 Å². The summed E-state index contributed by atoms with van der Waals surface area (Å²) in [6, 6.07) is 4.10. The van der Waals surface area contributed by atoms with Crippen molar-refractivity contribution in [3.05, 3.63) is 28.2 Å². The van der Waals surface area contributed by atoms with Crippen molar-refractivity contribution in [3.63, 3.8) is 0 Å². The number of halogens is 2. The van der Waals surface area contributed by atoms with Crippen LogP contribution in [0.3, 0.4) is 0 Å². The highest BCUT2D eigenvalue weighted by Gasteiger charge is 2.50. The summed E-state index contributed by atoms with van der Waals surface area (Å²) >= 11 is 11.9. The van der Waals surface area contributed by atoms with E-state index in [0.717, 1.165) is 6.42 Å². The van der Waals surface area contributed by atoms with Crippen LogP contribution in [0.2, 0.25) is 10.0 Å². The van der Waals surface area contributed by atoms with E-state index in [1.807, 2.05) is 18.7 Å². The van der Waals surface area contributed by atoms with Crippen LogP contribution in [-0.4, -0.2) is 54.9 Å². The monoisotopic (exact) mass is 419 g/mol. The molecule has 1 aromatic rings. The number of benzene rings is 1. The third-order valence-corrected chi connectivity index (χ3v) is 7.80. The van der Waals surface area contributed by atoms with Gasteiger partial charge in [0.1, 0.15) is 0 Å². The number of nitrogens with one attached hydrogen (secondary N) is 1. The number of nitrogens with zero attached hydrogens (tertiary/aromatic N) is 2. The fourth-order valence-electron chi connectivity index (χ4n) is 3.83. The van der Waals surface area contributed by atoms with E-state index in [1.54, 1.807) is 0 Å². The fourth-order valence-corrected chi connectivity index (χ4v) is 5.66. The molecule has 2 saturated heterocycles. The predicted molar refractivity (Wildman–Crippen MR) is 102 cm³/mol. The van der Waals surface area contributed by atoms with Crippen molar-refractivity contribution in [1.82, 2.24) is 14.5 Å². The van der Waals surface area contributed by atoms with E-state index in [0.29, 0.717) is 37.5 Å². The Bertz CT molecular complexity index is 807. The molecule has 2 aliphatic rings. The number of carbonyl (C=O) groups is 1. The Labute approximate surface area is 164 Å². The maximum absolute atomic E-state index is 12.9. The summed E-state index contributed by atoms with van der Waals surface area (Å²) in [5.41, 5.74) is -0.448. The quantitative estimate of drug-likeness (QED) is 0.814. The molecule has 0 saturated carbocycles. The van der Waals surface area contributed by atoms with Gasteiger partial charge in [0.15, 0.2) is 0 Å². The van der Waals surface area contributed by atoms with Gasteiger partial charge in [-0.25, -0.2) is 8.42 Å². The first-order valence-corrected chi connectivity index (χ1v) is 11.0. The molecule has 26 heavy (non-hydrogen) atoms. The summed E-state index contributed by atoms with van der Waals surface area (Å²) in [7, 11) is -3.65. The Balaban J connectivity index is 1.79. The van der Waals surface area contributed by atoms with Gasteiger partial charge in [0.25, 0.3) is 0 Å². The van der Waals surface area contributed by atoms with Gasteiger partial charge in [-0.1, -0.05) is 30.1 Å². The number of piperidine rings is 1. The molecule has 144 valence electrons. The van der Waals surface area contributed by atoms with E-state index in [2.05, 4.69) is 5.32 Å². The summed E-state index contributed by atoms with van der Waals surface area (Å²) in [5, 5.41) is 3.93. The van der Waals surface area contributed by atoms with Crippen molar-refractivity contribution in [3.8, 4) is 0 Å². The van der Waals surface area contributed by atoms with E-state index in [1.165, 1.54) is 22.5 Å². The van der Waals surface area contributed by atoms with E-state index in [4.69, 9.17) is 23.2 Å². The highest BCUT2D eigenvalue weighted by atomic mass is 35.5. The van der Waals surface area contributed by atoms with Crippen LogP contribution in [0.1, 0.15) is 33.1 Å². The Morgan fingerprint density at radius 3 is 2.46 bits per heavy atom. The zero-order chi connectivity index (χ0) is 19.1. The van der Waals surface area contributed by atoms with Gasteiger partial charge in [-0.15, -0.1) is 0 Å². The Morgan fingerprint density at radius 2 is 1.88 bits per heavy atom. The molecule has 2 heterocycles. The molecule has 6 nitrogen and oxygen atoms in total. The second-order valence-electron chi connectivity index (χ2n) is 6.87. The lowest BCUT2D eigenvalue weighted by molar-refractivity contribution is -0.133. The van der Waals surface area contributed by atoms with E-state index >= 15 is 0 Å². The lowest BCUT2D eigenvalue weighted by atomic mass is 9.97. The summed E-state index contributed by atoms with van der Waals surface area (Å²) in [4.78, 5) is 14.5. The first-order chi connectivity index (χ1) is 12.2. The number of carbonyl (C=O) groups excluding carboxylic acids is 1. The third-order valence-electron chi connectivity index (χ3n) is 5.16. The zero-order valence-corrected chi connectivity index (χ0v) is 17.2. The van der Waals surface area contributed by atoms with Crippen LogP contribution >= 0.6 is 23.2 Å². The van der Waals surface area contributed by atoms with Gasteiger partial charge in [0.05, 0.1) is 26.6 Å². The Morgan fingerprint density at radius 1 is 1.23 bits per heavy atom. The van der Waals surface area contributed by atoms with E-state index in [9.17, 15) is 13.2 Å². The standard InChI is InChI=1S/C17H23Cl2N3O3S/c1-3-8-22-16(23)12(2)20-17(22)6-9-21(10-7-17)26(24,25)13-4-5-14(18)15(19)11-13/h4-5,11-12,20H,3,6-10H2,1-2H3/t12-/m1/s1. The number of hydrogen-bond donors (Lipinski definition) is 1. The van der Waals surface area contributed by atoms with Gasteiger partial charge in [-0.3, -0.25) is 10.1 Å². The topological polar surface area (TPSA) is 69.7 Å². The van der Waals surface area contributed by atoms with Crippen LogP contribution in [0.15, 0.2) is 23.1 Å². The van der Waals surface area contributed by atoms with E-state index in [-0.39, 0.29) is 21.9 Å². The second kappa shape index (κ2) is 7.28. The molecule has 1 amide bonds. The average Bonchev–Trinajstić information content (AvgIpc) is 2.82. The van der Waals surface area contributed by atoms with E-state index < -0.39 is 15.7 Å². The lowest BCUT2D eigenvalue weighted by Crippen LogP contribution is -2.59. The Kier molecular flexibility index (Phi) is 5.57. The molecule has 0 radical (unpaired) electrons. The van der Waals surface area contributed by atoms with Crippen molar-refractivity contribution in [2.24, 2.45) is 0 Å². The number of rotatable bonds is 4. The summed E-state index contributed by atoms with van der Waals surface area (Å²) in [5.74, 6) is 0.0904. The molecule has 1 aromatic carbocycles. The highest BCUT2D eigenvalue weighted by Crippen LogP contribution is 2.35. The molecule has 0 bridgehead atoms. The number of hydrogen-bond acceptors (Lipinski definition) is 4. The third kappa shape index (κ3) is 3.36. The van der Waals surface area contributed by atoms with Crippen molar-refractivity contribution in [1.29, 1.82) is 0 Å². The largest absolute Gasteiger partial charge is 0.323 e. The van der Waals surface area contributed by atoms with Crippen LogP contribution in [0.4, 0.5) is 0 Å². The minimum Gasteiger partial charge on any atom is -0.323 e. The molecule has 0 aromatic heterocycles. The summed E-state index contributed by atoms with van der Waals surface area (Å²) < 4.78 is 27.3. The molecule has 3 rings (SSSR count). The molecule has 1 atom stereocenters. The van der Waals surface area contributed by atoms with Gasteiger partial charge in [-0.05, 0) is 44.4 Å². The van der Waals surface area contributed by atoms with Crippen LogP contribution in [0, 0.1) is 0 Å². The van der Waals surface area contributed by atoms with Crippen LogP contribution < -0.4 is 5.32 Å². The van der Waals surface area contributed by atoms with Crippen molar-refractivity contribution in [2.75, 3.05) is 19.6 Å². The molecule has 1 spiro atoms.